The fourth-order valence-electron chi connectivity index (χ4n) is 6.97. The predicted octanol–water partition coefficient (Wildman–Crippen LogP) is 13.0. The molecule has 0 spiro atoms. The van der Waals surface area contributed by atoms with Crippen molar-refractivity contribution in [2.75, 3.05) is 4.90 Å². The van der Waals surface area contributed by atoms with Gasteiger partial charge < -0.3 is 4.90 Å². The number of fused-ring (bicyclic) bond motifs is 3. The summed E-state index contributed by atoms with van der Waals surface area (Å²) in [4.78, 5) is 7.49. The zero-order chi connectivity index (χ0) is 32.6. The van der Waals surface area contributed by atoms with Gasteiger partial charge in [-0.2, -0.15) is 0 Å². The zero-order valence-corrected chi connectivity index (χ0v) is 26.9. The molecule has 9 rings (SSSR count). The van der Waals surface area contributed by atoms with Crippen molar-refractivity contribution in [3.63, 3.8) is 0 Å². The van der Waals surface area contributed by atoms with Gasteiger partial charge in [0.15, 0.2) is 0 Å². The van der Waals surface area contributed by atoms with Crippen molar-refractivity contribution in [3.05, 3.63) is 194 Å². The van der Waals surface area contributed by atoms with Gasteiger partial charge in [-0.15, -0.1) is 0 Å². The second kappa shape index (κ2) is 12.3. The first-order chi connectivity index (χ1) is 24.3. The number of pyridine rings is 1. The molecule has 9 aromatic rings. The molecule has 0 saturated heterocycles. The molecule has 0 atom stereocenters. The fourth-order valence-corrected chi connectivity index (χ4v) is 6.97. The molecule has 0 aliphatic carbocycles. The Hall–Kier alpha value is -6.51. The molecule has 1 heterocycles. The normalized spacial score (nSPS) is 11.3. The van der Waals surface area contributed by atoms with Gasteiger partial charge in [-0.05, 0) is 86.9 Å². The summed E-state index contributed by atoms with van der Waals surface area (Å²) in [5.74, 6) is 0. The van der Waals surface area contributed by atoms with Gasteiger partial charge in [-0.25, -0.2) is 4.98 Å². The topological polar surface area (TPSA) is 16.1 Å². The molecule has 0 amide bonds. The lowest BCUT2D eigenvalue weighted by Gasteiger charge is -2.27. The van der Waals surface area contributed by atoms with Gasteiger partial charge in [0.25, 0.3) is 0 Å². The van der Waals surface area contributed by atoms with E-state index in [9.17, 15) is 0 Å². The Morgan fingerprint density at radius 1 is 0.347 bits per heavy atom. The van der Waals surface area contributed by atoms with Crippen molar-refractivity contribution >= 4 is 49.5 Å². The van der Waals surface area contributed by atoms with Crippen LogP contribution >= 0.6 is 0 Å². The first-order valence-corrected chi connectivity index (χ1v) is 16.7. The van der Waals surface area contributed by atoms with E-state index in [0.717, 1.165) is 50.3 Å². The zero-order valence-electron chi connectivity index (χ0n) is 26.9. The second-order valence-electron chi connectivity index (χ2n) is 12.4. The largest absolute Gasteiger partial charge is 0.310 e. The molecule has 0 aliphatic heterocycles. The summed E-state index contributed by atoms with van der Waals surface area (Å²) in [6.45, 7) is 0. The number of benzene rings is 8. The van der Waals surface area contributed by atoms with Gasteiger partial charge in [-0.1, -0.05) is 146 Å². The molecular weight excluding hydrogens is 593 g/mol. The molecule has 49 heavy (non-hydrogen) atoms. The number of rotatable bonds is 6. The highest BCUT2D eigenvalue weighted by atomic mass is 15.1. The van der Waals surface area contributed by atoms with Gasteiger partial charge in [0, 0.05) is 27.7 Å². The molecule has 2 nitrogen and oxygen atoms in total. The van der Waals surface area contributed by atoms with E-state index >= 15 is 0 Å². The number of hydrogen-bond donors (Lipinski definition) is 0. The summed E-state index contributed by atoms with van der Waals surface area (Å²) in [6.07, 6.45) is 0. The van der Waals surface area contributed by atoms with E-state index in [-0.39, 0.29) is 0 Å². The Labute approximate surface area is 286 Å². The predicted molar refractivity (Wildman–Crippen MR) is 208 cm³/mol. The Morgan fingerprint density at radius 3 is 1.78 bits per heavy atom. The molecule has 8 aromatic carbocycles. The summed E-state index contributed by atoms with van der Waals surface area (Å²) >= 11 is 0. The van der Waals surface area contributed by atoms with E-state index in [1.807, 2.05) is 6.07 Å². The molecular formula is C47H32N2. The minimum absolute atomic E-state index is 0.978. The highest BCUT2D eigenvalue weighted by Crippen LogP contribution is 2.41. The van der Waals surface area contributed by atoms with Gasteiger partial charge in [0.05, 0.1) is 16.9 Å². The van der Waals surface area contributed by atoms with Crippen molar-refractivity contribution in [1.82, 2.24) is 4.98 Å². The summed E-state index contributed by atoms with van der Waals surface area (Å²) in [5.41, 5.74) is 11.1. The first-order valence-electron chi connectivity index (χ1n) is 16.7. The summed E-state index contributed by atoms with van der Waals surface area (Å²) in [7, 11) is 0. The van der Waals surface area contributed by atoms with Crippen LogP contribution in [0, 0.1) is 0 Å². The third kappa shape index (κ3) is 5.40. The minimum Gasteiger partial charge on any atom is -0.310 e. The molecule has 0 aliphatic rings. The van der Waals surface area contributed by atoms with Crippen molar-refractivity contribution < 1.29 is 0 Å². The Kier molecular flexibility index (Phi) is 7.18. The molecule has 1 aromatic heterocycles. The summed E-state index contributed by atoms with van der Waals surface area (Å²) in [6, 6.07) is 69.3. The average Bonchev–Trinajstić information content (AvgIpc) is 3.18. The highest BCUT2D eigenvalue weighted by Gasteiger charge is 2.17. The number of hydrogen-bond acceptors (Lipinski definition) is 2. The highest BCUT2D eigenvalue weighted by molar-refractivity contribution is 6.01. The monoisotopic (exact) mass is 624 g/mol. The smallest absolute Gasteiger partial charge is 0.0716 e. The van der Waals surface area contributed by atoms with Crippen LogP contribution in [-0.2, 0) is 0 Å². The fraction of sp³-hybridized carbons (Fsp3) is 0. The third-order valence-corrected chi connectivity index (χ3v) is 9.42. The summed E-state index contributed by atoms with van der Waals surface area (Å²) < 4.78 is 0. The molecule has 0 saturated carbocycles. The SMILES string of the molecule is c1ccc(-c2cc(-c3ccccc3)c3cc(-c4ccc(N(c5ccc6ccccc6c5)c5cccc6ccccc56)cc4)ccc3n2)cc1. The van der Waals surface area contributed by atoms with Crippen LogP contribution in [-0.4, -0.2) is 4.98 Å². The van der Waals surface area contributed by atoms with E-state index in [4.69, 9.17) is 4.98 Å². The lowest BCUT2D eigenvalue weighted by molar-refractivity contribution is 1.30. The molecule has 0 radical (unpaired) electrons. The Balaban J connectivity index is 1.16. The van der Waals surface area contributed by atoms with Crippen LogP contribution in [0.1, 0.15) is 0 Å². The van der Waals surface area contributed by atoms with Crippen LogP contribution in [0.4, 0.5) is 17.1 Å². The third-order valence-electron chi connectivity index (χ3n) is 9.42. The van der Waals surface area contributed by atoms with E-state index in [2.05, 4.69) is 193 Å². The molecule has 230 valence electrons. The quantitative estimate of drug-likeness (QED) is 0.183. The minimum atomic E-state index is 0.978. The van der Waals surface area contributed by atoms with Crippen molar-refractivity contribution in [1.29, 1.82) is 0 Å². The van der Waals surface area contributed by atoms with Gasteiger partial charge in [-0.3, -0.25) is 0 Å². The van der Waals surface area contributed by atoms with Crippen molar-refractivity contribution in [3.8, 4) is 33.5 Å². The van der Waals surface area contributed by atoms with Crippen LogP contribution in [0.25, 0.3) is 66.0 Å². The van der Waals surface area contributed by atoms with Crippen LogP contribution in [0.5, 0.6) is 0 Å². The lowest BCUT2D eigenvalue weighted by atomic mass is 9.95. The van der Waals surface area contributed by atoms with Crippen LogP contribution in [0.3, 0.4) is 0 Å². The summed E-state index contributed by atoms with van der Waals surface area (Å²) in [5, 5.41) is 6.03. The van der Waals surface area contributed by atoms with Crippen LogP contribution in [0.15, 0.2) is 194 Å². The van der Waals surface area contributed by atoms with E-state index in [1.165, 1.54) is 32.7 Å². The van der Waals surface area contributed by atoms with Gasteiger partial charge in [0.2, 0.25) is 0 Å². The maximum absolute atomic E-state index is 5.11. The number of anilines is 3. The van der Waals surface area contributed by atoms with E-state index in [0.29, 0.717) is 0 Å². The maximum atomic E-state index is 5.11. The van der Waals surface area contributed by atoms with Crippen LogP contribution in [0.2, 0.25) is 0 Å². The lowest BCUT2D eigenvalue weighted by Crippen LogP contribution is -2.10. The van der Waals surface area contributed by atoms with Crippen molar-refractivity contribution in [2.45, 2.75) is 0 Å². The van der Waals surface area contributed by atoms with Gasteiger partial charge >= 0.3 is 0 Å². The second-order valence-corrected chi connectivity index (χ2v) is 12.4. The Morgan fingerprint density at radius 2 is 0.980 bits per heavy atom. The Bertz CT molecular complexity index is 2590. The molecule has 0 fully saturated rings. The maximum Gasteiger partial charge on any atom is 0.0716 e. The number of nitrogens with zero attached hydrogens (tertiary/aromatic N) is 2. The van der Waals surface area contributed by atoms with E-state index in [1.54, 1.807) is 0 Å². The molecule has 0 bridgehead atoms. The van der Waals surface area contributed by atoms with Crippen molar-refractivity contribution in [2.24, 2.45) is 0 Å². The van der Waals surface area contributed by atoms with E-state index < -0.39 is 0 Å². The first kappa shape index (κ1) is 28.7. The number of aromatic nitrogens is 1. The molecule has 0 N–H and O–H groups in total. The van der Waals surface area contributed by atoms with Gasteiger partial charge in [0.1, 0.15) is 0 Å². The standard InChI is InChI=1S/C47H32N2/c1-3-13-36(14-4-1)43-32-46(37-16-5-2-6-17-37)48-45-29-25-39(31-44(43)45)34-22-26-40(27-23-34)49(41-28-24-33-12-7-8-18-38(33)30-41)47-21-11-19-35-15-9-10-20-42(35)47/h1-32H. The average molecular weight is 625 g/mol. The van der Waals surface area contributed by atoms with Crippen LogP contribution < -0.4 is 4.90 Å². The molecule has 2 heteroatoms. The molecule has 0 unspecified atom stereocenters.